The lowest BCUT2D eigenvalue weighted by atomic mass is 10.1. The summed E-state index contributed by atoms with van der Waals surface area (Å²) in [4.78, 5) is 44.1. The van der Waals surface area contributed by atoms with Crippen molar-refractivity contribution < 1.29 is 28.2 Å². The molecule has 4 aromatic rings. The van der Waals surface area contributed by atoms with Crippen molar-refractivity contribution in [3.8, 4) is 11.6 Å². The molecule has 196 valence electrons. The van der Waals surface area contributed by atoms with Crippen LogP contribution < -0.4 is 21.5 Å². The lowest BCUT2D eigenvalue weighted by Gasteiger charge is -2.11. The number of carbonyl (C=O) groups is 3. The van der Waals surface area contributed by atoms with Gasteiger partial charge in [0.2, 0.25) is 23.6 Å². The predicted octanol–water partition coefficient (Wildman–Crippen LogP) is 2.32. The van der Waals surface area contributed by atoms with Gasteiger partial charge in [-0.2, -0.15) is 0 Å². The molecule has 0 bridgehead atoms. The maximum Gasteiger partial charge on any atom is 0.254 e. The molecule has 0 aliphatic heterocycles. The van der Waals surface area contributed by atoms with Crippen molar-refractivity contribution in [1.29, 1.82) is 0 Å². The number of halogens is 1. The van der Waals surface area contributed by atoms with Crippen LogP contribution in [0.15, 0.2) is 54.7 Å². The van der Waals surface area contributed by atoms with Crippen molar-refractivity contribution >= 4 is 34.7 Å². The summed E-state index contributed by atoms with van der Waals surface area (Å²) in [5.74, 6) is -2.42. The number of fused-ring (bicyclic) bond motifs is 1. The van der Waals surface area contributed by atoms with Crippen LogP contribution in [0.1, 0.15) is 21.5 Å². The van der Waals surface area contributed by atoms with Crippen molar-refractivity contribution in [2.24, 2.45) is 11.5 Å². The van der Waals surface area contributed by atoms with Crippen LogP contribution in [0.3, 0.4) is 0 Å². The lowest BCUT2D eigenvalue weighted by molar-refractivity contribution is -0.117. The second kappa shape index (κ2) is 11.5. The third kappa shape index (κ3) is 6.10. The fourth-order valence-electron chi connectivity index (χ4n) is 3.85. The minimum atomic E-state index is -0.762. The number of rotatable bonds is 11. The first-order valence-electron chi connectivity index (χ1n) is 11.5. The highest BCUT2D eigenvalue weighted by molar-refractivity contribution is 5.95. The second-order valence-electron chi connectivity index (χ2n) is 8.36. The standard InChI is InChI=1S/C26H25FN6O5/c1-37-10-9-33-20-6-4-16(13-22(28)34)12-19(20)31-26(33)32-23(35)14-15-5-7-21(18(27)11-15)38-25-17(24(29)36)3-2-8-30-25/h2-8,11-12H,9-10,13-14H2,1H3,(H2,28,34)(H2,29,36)(H,31,32,35). The fraction of sp³-hybridized carbons (Fsp3) is 0.192. The first-order valence-corrected chi connectivity index (χ1v) is 11.5. The Balaban J connectivity index is 1.51. The number of anilines is 1. The van der Waals surface area contributed by atoms with E-state index in [-0.39, 0.29) is 36.0 Å². The van der Waals surface area contributed by atoms with Gasteiger partial charge in [0, 0.05) is 19.9 Å². The highest BCUT2D eigenvalue weighted by Crippen LogP contribution is 2.27. The summed E-state index contributed by atoms with van der Waals surface area (Å²) in [6, 6.07) is 12.2. The minimum absolute atomic E-state index is 0.00784. The van der Waals surface area contributed by atoms with Gasteiger partial charge in [0.25, 0.3) is 5.91 Å². The number of hydrogen-bond donors (Lipinski definition) is 3. The van der Waals surface area contributed by atoms with Crippen LogP contribution in [0.2, 0.25) is 0 Å². The van der Waals surface area contributed by atoms with Gasteiger partial charge in [-0.25, -0.2) is 14.4 Å². The number of ether oxygens (including phenoxy) is 2. The van der Waals surface area contributed by atoms with Gasteiger partial charge in [-0.3, -0.25) is 19.7 Å². The van der Waals surface area contributed by atoms with Crippen molar-refractivity contribution in [3.05, 3.63) is 77.2 Å². The Labute approximate surface area is 216 Å². The van der Waals surface area contributed by atoms with Crippen LogP contribution in [-0.2, 0) is 33.7 Å². The zero-order chi connectivity index (χ0) is 27.2. The molecule has 0 aliphatic carbocycles. The monoisotopic (exact) mass is 520 g/mol. The average Bonchev–Trinajstić information content (AvgIpc) is 3.19. The molecule has 0 saturated heterocycles. The van der Waals surface area contributed by atoms with Crippen LogP contribution in [0.5, 0.6) is 11.6 Å². The molecule has 3 amide bonds. The molecule has 38 heavy (non-hydrogen) atoms. The molecule has 0 fully saturated rings. The molecular weight excluding hydrogens is 495 g/mol. The molecule has 5 N–H and O–H groups in total. The third-order valence-corrected chi connectivity index (χ3v) is 5.57. The van der Waals surface area contributed by atoms with Crippen LogP contribution in [-0.4, -0.2) is 46.0 Å². The van der Waals surface area contributed by atoms with E-state index in [1.54, 1.807) is 29.9 Å². The molecule has 0 saturated carbocycles. The van der Waals surface area contributed by atoms with Gasteiger partial charge in [0.1, 0.15) is 5.56 Å². The van der Waals surface area contributed by atoms with Gasteiger partial charge in [0.05, 0.1) is 30.5 Å². The quantitative estimate of drug-likeness (QED) is 0.273. The Morgan fingerprint density at radius 1 is 1.05 bits per heavy atom. The summed E-state index contributed by atoms with van der Waals surface area (Å²) < 4.78 is 27.1. The van der Waals surface area contributed by atoms with Gasteiger partial charge in [-0.1, -0.05) is 12.1 Å². The van der Waals surface area contributed by atoms with Crippen molar-refractivity contribution in [3.63, 3.8) is 0 Å². The molecule has 12 heteroatoms. The number of nitrogens with two attached hydrogens (primary N) is 2. The Morgan fingerprint density at radius 3 is 2.53 bits per heavy atom. The first-order chi connectivity index (χ1) is 18.2. The fourth-order valence-corrected chi connectivity index (χ4v) is 3.85. The highest BCUT2D eigenvalue weighted by Gasteiger charge is 2.17. The normalized spacial score (nSPS) is 10.9. The number of pyridine rings is 1. The lowest BCUT2D eigenvalue weighted by Crippen LogP contribution is -2.19. The smallest absolute Gasteiger partial charge is 0.254 e. The summed E-state index contributed by atoms with van der Waals surface area (Å²) in [6.45, 7) is 0.789. The van der Waals surface area contributed by atoms with Crippen LogP contribution in [0.4, 0.5) is 10.3 Å². The average molecular weight is 521 g/mol. The summed E-state index contributed by atoms with van der Waals surface area (Å²) in [5.41, 5.74) is 13.0. The number of carbonyl (C=O) groups excluding carboxylic acids is 3. The van der Waals surface area contributed by atoms with E-state index < -0.39 is 23.5 Å². The summed E-state index contributed by atoms with van der Waals surface area (Å²) in [7, 11) is 1.56. The number of benzene rings is 2. The molecule has 0 radical (unpaired) electrons. The Morgan fingerprint density at radius 2 is 1.82 bits per heavy atom. The van der Waals surface area contributed by atoms with Crippen molar-refractivity contribution in [2.75, 3.05) is 19.0 Å². The van der Waals surface area contributed by atoms with E-state index in [4.69, 9.17) is 20.9 Å². The Hall–Kier alpha value is -4.84. The first kappa shape index (κ1) is 26.2. The molecule has 2 heterocycles. The highest BCUT2D eigenvalue weighted by atomic mass is 19.1. The van der Waals surface area contributed by atoms with E-state index in [0.717, 1.165) is 11.6 Å². The van der Waals surface area contributed by atoms with Gasteiger partial charge < -0.3 is 25.5 Å². The maximum atomic E-state index is 14.8. The van der Waals surface area contributed by atoms with E-state index in [1.807, 2.05) is 0 Å². The zero-order valence-corrected chi connectivity index (χ0v) is 20.4. The van der Waals surface area contributed by atoms with Gasteiger partial charge in [-0.05, 0) is 47.5 Å². The topological polar surface area (TPSA) is 164 Å². The number of aromatic nitrogens is 3. The van der Waals surface area contributed by atoms with Gasteiger partial charge >= 0.3 is 0 Å². The third-order valence-electron chi connectivity index (χ3n) is 5.57. The van der Waals surface area contributed by atoms with Crippen molar-refractivity contribution in [1.82, 2.24) is 14.5 Å². The van der Waals surface area contributed by atoms with E-state index >= 15 is 0 Å². The summed E-state index contributed by atoms with van der Waals surface area (Å²) in [5, 5.41) is 2.76. The number of nitrogens with one attached hydrogen (secondary N) is 1. The van der Waals surface area contributed by atoms with Gasteiger partial charge in [0.15, 0.2) is 11.6 Å². The minimum Gasteiger partial charge on any atom is -0.435 e. The maximum absolute atomic E-state index is 14.8. The Kier molecular flexibility index (Phi) is 7.92. The summed E-state index contributed by atoms with van der Waals surface area (Å²) in [6.07, 6.45) is 1.31. The second-order valence-corrected chi connectivity index (χ2v) is 8.36. The van der Waals surface area contributed by atoms with E-state index in [9.17, 15) is 18.8 Å². The van der Waals surface area contributed by atoms with E-state index in [0.29, 0.717) is 29.8 Å². The number of methoxy groups -OCH3 is 1. The van der Waals surface area contributed by atoms with E-state index in [1.165, 1.54) is 30.5 Å². The predicted molar refractivity (Wildman–Crippen MR) is 136 cm³/mol. The number of amides is 3. The molecule has 0 atom stereocenters. The molecule has 0 spiro atoms. The largest absolute Gasteiger partial charge is 0.435 e. The number of nitrogens with zero attached hydrogens (tertiary/aromatic N) is 3. The SMILES string of the molecule is COCCn1c(NC(=O)Cc2ccc(Oc3ncccc3C(N)=O)c(F)c2)nc2cc(CC(N)=O)ccc21. The van der Waals surface area contributed by atoms with Crippen LogP contribution >= 0.6 is 0 Å². The van der Waals surface area contributed by atoms with Gasteiger partial charge in [-0.15, -0.1) is 0 Å². The molecule has 4 rings (SSSR count). The van der Waals surface area contributed by atoms with Crippen LogP contribution in [0, 0.1) is 5.82 Å². The molecule has 0 unspecified atom stereocenters. The molecular formula is C26H25FN6O5. The molecule has 0 aliphatic rings. The molecule has 2 aromatic heterocycles. The number of hydrogen-bond acceptors (Lipinski definition) is 7. The number of imidazole rings is 1. The van der Waals surface area contributed by atoms with Crippen LogP contribution in [0.25, 0.3) is 11.0 Å². The zero-order valence-electron chi connectivity index (χ0n) is 20.4. The van der Waals surface area contributed by atoms with E-state index in [2.05, 4.69) is 15.3 Å². The summed E-state index contributed by atoms with van der Waals surface area (Å²) >= 11 is 0. The Bertz CT molecular complexity index is 1520. The molecule has 2 aromatic carbocycles. The molecule has 11 nitrogen and oxygen atoms in total. The van der Waals surface area contributed by atoms with Crippen molar-refractivity contribution in [2.45, 2.75) is 19.4 Å². The number of primary amides is 2.